The van der Waals surface area contributed by atoms with Gasteiger partial charge in [0.1, 0.15) is 24.7 Å². The summed E-state index contributed by atoms with van der Waals surface area (Å²) in [5.74, 6) is 0.477. The fourth-order valence-corrected chi connectivity index (χ4v) is 3.06. The van der Waals surface area contributed by atoms with Crippen LogP contribution < -0.4 is 9.47 Å². The van der Waals surface area contributed by atoms with E-state index in [4.69, 9.17) is 14.2 Å². The van der Waals surface area contributed by atoms with Gasteiger partial charge in [-0.25, -0.2) is 4.79 Å². The molecule has 7 heteroatoms. The van der Waals surface area contributed by atoms with Gasteiger partial charge in [-0.2, -0.15) is 0 Å². The standard InChI is InChI=1S/C23H25NO6/c1-15(2)10-11-24-21(25)19-9-4-16(14-20(19)22(24)26)23(27)30-13-12-29-18-7-5-17(28-3)6-8-18/h4-9,14-15H,10-13H2,1-3H3. The number of esters is 1. The molecule has 0 bridgehead atoms. The van der Waals surface area contributed by atoms with Crippen LogP contribution in [0.25, 0.3) is 0 Å². The van der Waals surface area contributed by atoms with Crippen molar-refractivity contribution in [3.8, 4) is 11.5 Å². The van der Waals surface area contributed by atoms with Crippen LogP contribution in [-0.2, 0) is 4.74 Å². The lowest BCUT2D eigenvalue weighted by Gasteiger charge is -2.14. The number of imide groups is 1. The van der Waals surface area contributed by atoms with Crippen molar-refractivity contribution >= 4 is 17.8 Å². The second-order valence-electron chi connectivity index (χ2n) is 7.36. The first-order chi connectivity index (χ1) is 14.4. The Morgan fingerprint density at radius 1 is 0.933 bits per heavy atom. The average molecular weight is 411 g/mol. The molecule has 0 N–H and O–H groups in total. The minimum absolute atomic E-state index is 0.0509. The molecule has 3 rings (SSSR count). The molecule has 0 spiro atoms. The van der Waals surface area contributed by atoms with Crippen LogP contribution in [0.15, 0.2) is 42.5 Å². The van der Waals surface area contributed by atoms with Crippen molar-refractivity contribution in [2.75, 3.05) is 26.9 Å². The third kappa shape index (κ3) is 4.79. The lowest BCUT2D eigenvalue weighted by molar-refractivity contribution is 0.0450. The monoisotopic (exact) mass is 411 g/mol. The summed E-state index contributed by atoms with van der Waals surface area (Å²) in [5, 5.41) is 0. The molecule has 0 aromatic heterocycles. The van der Waals surface area contributed by atoms with Crippen molar-refractivity contribution in [3.63, 3.8) is 0 Å². The number of nitrogens with zero attached hydrogens (tertiary/aromatic N) is 1. The van der Waals surface area contributed by atoms with Crippen LogP contribution >= 0.6 is 0 Å². The van der Waals surface area contributed by atoms with Crippen LogP contribution in [-0.4, -0.2) is 49.6 Å². The van der Waals surface area contributed by atoms with Crippen molar-refractivity contribution < 1.29 is 28.6 Å². The highest BCUT2D eigenvalue weighted by atomic mass is 16.6. The molecule has 0 unspecified atom stereocenters. The van der Waals surface area contributed by atoms with Crippen LogP contribution in [0.2, 0.25) is 0 Å². The molecule has 0 radical (unpaired) electrons. The van der Waals surface area contributed by atoms with E-state index < -0.39 is 5.97 Å². The molecule has 2 aromatic carbocycles. The molecule has 0 atom stereocenters. The summed E-state index contributed by atoms with van der Waals surface area (Å²) in [6, 6.07) is 11.5. The molecule has 158 valence electrons. The highest BCUT2D eigenvalue weighted by Gasteiger charge is 2.35. The van der Waals surface area contributed by atoms with Gasteiger partial charge in [-0.1, -0.05) is 13.8 Å². The summed E-state index contributed by atoms with van der Waals surface area (Å²) in [5.41, 5.74) is 0.792. The Morgan fingerprint density at radius 2 is 1.60 bits per heavy atom. The molecule has 2 aromatic rings. The quantitative estimate of drug-likeness (QED) is 0.356. The van der Waals surface area contributed by atoms with Gasteiger partial charge in [0.15, 0.2) is 0 Å². The maximum absolute atomic E-state index is 12.6. The highest BCUT2D eigenvalue weighted by molar-refractivity contribution is 6.21. The zero-order chi connectivity index (χ0) is 21.7. The van der Waals surface area contributed by atoms with E-state index in [0.717, 1.165) is 12.2 Å². The zero-order valence-electron chi connectivity index (χ0n) is 17.3. The Bertz CT molecular complexity index is 935. The summed E-state index contributed by atoms with van der Waals surface area (Å²) >= 11 is 0. The summed E-state index contributed by atoms with van der Waals surface area (Å²) in [4.78, 5) is 38.6. The van der Waals surface area contributed by atoms with Crippen LogP contribution in [0.4, 0.5) is 0 Å². The first-order valence-corrected chi connectivity index (χ1v) is 9.85. The second-order valence-corrected chi connectivity index (χ2v) is 7.36. The number of benzene rings is 2. The van der Waals surface area contributed by atoms with Crippen molar-refractivity contribution in [3.05, 3.63) is 59.2 Å². The Morgan fingerprint density at radius 3 is 2.27 bits per heavy atom. The fraction of sp³-hybridized carbons (Fsp3) is 0.348. The Kier molecular flexibility index (Phi) is 6.72. The third-order valence-electron chi connectivity index (χ3n) is 4.78. The lowest BCUT2D eigenvalue weighted by Crippen LogP contribution is -2.31. The topological polar surface area (TPSA) is 82.1 Å². The summed E-state index contributed by atoms with van der Waals surface area (Å²) < 4.78 is 15.8. The van der Waals surface area contributed by atoms with E-state index in [1.54, 1.807) is 31.4 Å². The zero-order valence-corrected chi connectivity index (χ0v) is 17.3. The molecule has 1 aliphatic heterocycles. The maximum atomic E-state index is 12.6. The number of carbonyl (C=O) groups excluding carboxylic acids is 3. The smallest absolute Gasteiger partial charge is 0.338 e. The summed E-state index contributed by atoms with van der Waals surface area (Å²) in [6.07, 6.45) is 0.731. The van der Waals surface area contributed by atoms with Crippen LogP contribution in [0.5, 0.6) is 11.5 Å². The SMILES string of the molecule is COc1ccc(OCCOC(=O)c2ccc3c(c2)C(=O)N(CCC(C)C)C3=O)cc1. The van der Waals surface area contributed by atoms with E-state index in [1.165, 1.54) is 23.1 Å². The molecule has 0 saturated carbocycles. The van der Waals surface area contributed by atoms with E-state index >= 15 is 0 Å². The Balaban J connectivity index is 1.55. The van der Waals surface area contributed by atoms with E-state index in [1.807, 2.05) is 13.8 Å². The number of rotatable bonds is 9. The number of fused-ring (bicyclic) bond motifs is 1. The van der Waals surface area contributed by atoms with Crippen molar-refractivity contribution in [2.24, 2.45) is 5.92 Å². The van der Waals surface area contributed by atoms with Crippen molar-refractivity contribution in [2.45, 2.75) is 20.3 Å². The van der Waals surface area contributed by atoms with E-state index in [2.05, 4.69) is 0 Å². The predicted octanol–water partition coefficient (Wildman–Crippen LogP) is 3.57. The Labute approximate surface area is 175 Å². The number of ether oxygens (including phenoxy) is 3. The molecule has 7 nitrogen and oxygen atoms in total. The normalized spacial score (nSPS) is 12.9. The van der Waals surface area contributed by atoms with Crippen LogP contribution in [0.3, 0.4) is 0 Å². The lowest BCUT2D eigenvalue weighted by atomic mass is 10.1. The first-order valence-electron chi connectivity index (χ1n) is 9.85. The fourth-order valence-electron chi connectivity index (χ4n) is 3.06. The molecule has 0 saturated heterocycles. The number of methoxy groups -OCH3 is 1. The van der Waals surface area contributed by atoms with E-state index in [9.17, 15) is 14.4 Å². The maximum Gasteiger partial charge on any atom is 0.338 e. The van der Waals surface area contributed by atoms with Crippen LogP contribution in [0.1, 0.15) is 51.3 Å². The van der Waals surface area contributed by atoms with Gasteiger partial charge in [0.05, 0.1) is 23.8 Å². The third-order valence-corrected chi connectivity index (χ3v) is 4.78. The van der Waals surface area contributed by atoms with Gasteiger partial charge in [-0.05, 0) is 54.8 Å². The summed E-state index contributed by atoms with van der Waals surface area (Å²) in [7, 11) is 1.58. The van der Waals surface area contributed by atoms with E-state index in [-0.39, 0.29) is 36.2 Å². The molecule has 30 heavy (non-hydrogen) atoms. The minimum atomic E-state index is -0.572. The van der Waals surface area contributed by atoms with Gasteiger partial charge < -0.3 is 14.2 Å². The molecular weight excluding hydrogens is 386 g/mol. The van der Waals surface area contributed by atoms with E-state index in [0.29, 0.717) is 23.8 Å². The van der Waals surface area contributed by atoms with Crippen LogP contribution in [0, 0.1) is 5.92 Å². The second kappa shape index (κ2) is 9.43. The number of hydrogen-bond acceptors (Lipinski definition) is 6. The minimum Gasteiger partial charge on any atom is -0.497 e. The molecule has 2 amide bonds. The molecule has 1 heterocycles. The molecular formula is C23H25NO6. The van der Waals surface area contributed by atoms with Crippen molar-refractivity contribution in [1.82, 2.24) is 4.90 Å². The molecule has 0 aliphatic carbocycles. The summed E-state index contributed by atoms with van der Waals surface area (Å²) in [6.45, 7) is 4.67. The van der Waals surface area contributed by atoms with Gasteiger partial charge >= 0.3 is 5.97 Å². The van der Waals surface area contributed by atoms with Gasteiger partial charge in [-0.15, -0.1) is 0 Å². The largest absolute Gasteiger partial charge is 0.497 e. The average Bonchev–Trinajstić information content (AvgIpc) is 2.99. The number of hydrogen-bond donors (Lipinski definition) is 0. The Hall–Kier alpha value is -3.35. The molecule has 1 aliphatic rings. The predicted molar refractivity (Wildman–Crippen MR) is 110 cm³/mol. The van der Waals surface area contributed by atoms with Gasteiger partial charge in [0.25, 0.3) is 11.8 Å². The number of carbonyl (C=O) groups is 3. The van der Waals surface area contributed by atoms with Crippen molar-refractivity contribution in [1.29, 1.82) is 0 Å². The number of amides is 2. The van der Waals surface area contributed by atoms with Gasteiger partial charge in [0, 0.05) is 6.54 Å². The molecule has 0 fully saturated rings. The highest BCUT2D eigenvalue weighted by Crippen LogP contribution is 2.25. The van der Waals surface area contributed by atoms with Gasteiger partial charge in [-0.3, -0.25) is 14.5 Å². The van der Waals surface area contributed by atoms with Gasteiger partial charge in [0.2, 0.25) is 0 Å². The first kappa shape index (κ1) is 21.4.